The van der Waals surface area contributed by atoms with E-state index in [0.717, 1.165) is 10.8 Å². The molecule has 2 aliphatic heterocycles. The quantitative estimate of drug-likeness (QED) is 0.225. The lowest BCUT2D eigenvalue weighted by Crippen LogP contribution is -2.57. The molecule has 2 aliphatic rings. The molecule has 0 spiro atoms. The van der Waals surface area contributed by atoms with E-state index in [9.17, 15) is 28.8 Å². The summed E-state index contributed by atoms with van der Waals surface area (Å²) in [6, 6.07) is 14.7. The minimum atomic E-state index is -1.38. The van der Waals surface area contributed by atoms with Crippen LogP contribution in [-0.4, -0.2) is 76.7 Å². The summed E-state index contributed by atoms with van der Waals surface area (Å²) < 4.78 is 10.8. The zero-order valence-electron chi connectivity index (χ0n) is 29.7. The van der Waals surface area contributed by atoms with Crippen LogP contribution in [0.4, 0.5) is 0 Å². The van der Waals surface area contributed by atoms with Gasteiger partial charge in [0.05, 0.1) is 12.0 Å². The molecule has 5 rings (SSSR count). The molecule has 4 unspecified atom stereocenters. The number of nitrogens with zero attached hydrogens (tertiary/aromatic N) is 1. The molecule has 0 aliphatic carbocycles. The fourth-order valence-corrected chi connectivity index (χ4v) is 6.67. The summed E-state index contributed by atoms with van der Waals surface area (Å²) in [5.74, 6) is -3.58. The van der Waals surface area contributed by atoms with E-state index in [1.165, 1.54) is 4.90 Å². The van der Waals surface area contributed by atoms with Gasteiger partial charge in [-0.25, -0.2) is 4.79 Å². The van der Waals surface area contributed by atoms with Crippen LogP contribution in [0.15, 0.2) is 72.8 Å². The molecular formula is C40H45N3O8. The molecule has 0 saturated carbocycles. The number of hydrogen-bond donors (Lipinski definition) is 2. The predicted molar refractivity (Wildman–Crippen MR) is 191 cm³/mol. The normalized spacial score (nSPS) is 19.4. The number of esters is 2. The molecule has 0 radical (unpaired) electrons. The van der Waals surface area contributed by atoms with Crippen LogP contribution in [0.3, 0.4) is 0 Å². The van der Waals surface area contributed by atoms with Gasteiger partial charge < -0.3 is 25.0 Å². The number of ether oxygens (including phenoxy) is 2. The van der Waals surface area contributed by atoms with Gasteiger partial charge in [0.1, 0.15) is 23.7 Å². The van der Waals surface area contributed by atoms with Crippen molar-refractivity contribution in [3.05, 3.63) is 95.1 Å². The van der Waals surface area contributed by atoms with Crippen molar-refractivity contribution in [3.63, 3.8) is 0 Å². The monoisotopic (exact) mass is 695 g/mol. The van der Waals surface area contributed by atoms with Gasteiger partial charge in [-0.3, -0.25) is 24.0 Å². The second-order valence-electron chi connectivity index (χ2n) is 14.2. The van der Waals surface area contributed by atoms with Crippen molar-refractivity contribution in [2.24, 2.45) is 0 Å². The molecule has 0 aromatic heterocycles. The molecule has 3 aromatic carbocycles. The van der Waals surface area contributed by atoms with Gasteiger partial charge >= 0.3 is 11.9 Å². The van der Waals surface area contributed by atoms with E-state index in [-0.39, 0.29) is 12.5 Å². The lowest BCUT2D eigenvalue weighted by molar-refractivity contribution is -0.157. The number of carbonyl (C=O) groups excluding carboxylic acids is 6. The lowest BCUT2D eigenvalue weighted by atomic mass is 10.0. The molecule has 0 bridgehead atoms. The van der Waals surface area contributed by atoms with Crippen LogP contribution in [-0.2, 0) is 28.7 Å². The van der Waals surface area contributed by atoms with Gasteiger partial charge in [-0.2, -0.15) is 0 Å². The number of benzene rings is 3. The fraction of sp³-hybridized carbons (Fsp3) is 0.400. The first kappa shape index (κ1) is 36.9. The molecule has 11 nitrogen and oxygen atoms in total. The standard InChI is InChI=1S/C40H45N3O8/c1-24-11-10-12-25(2)35(24)39(49)50-23-33(44)31(22-34(45)51-40(3,4)5)42-37(47)32-20-19-29-15-8-9-16-30(38(48)43(29)32)41-36(46)28-18-17-26-13-6-7-14-27(26)21-28/h6-14,17-18,21,29-32H,15-16,19-20,22-23H2,1-5H3,(H,41,46)(H,42,47). The van der Waals surface area contributed by atoms with E-state index in [0.29, 0.717) is 41.5 Å². The number of hydrogen-bond acceptors (Lipinski definition) is 8. The highest BCUT2D eigenvalue weighted by atomic mass is 16.6. The Kier molecular flexibility index (Phi) is 11.4. The number of rotatable bonds is 10. The Labute approximate surface area is 297 Å². The molecule has 2 N–H and O–H groups in total. The van der Waals surface area contributed by atoms with Crippen molar-refractivity contribution in [1.29, 1.82) is 0 Å². The Morgan fingerprint density at radius 2 is 1.57 bits per heavy atom. The summed E-state index contributed by atoms with van der Waals surface area (Å²) >= 11 is 0. The summed E-state index contributed by atoms with van der Waals surface area (Å²) in [7, 11) is 0. The summed E-state index contributed by atoms with van der Waals surface area (Å²) in [6.45, 7) is 7.87. The summed E-state index contributed by atoms with van der Waals surface area (Å²) in [4.78, 5) is 82.2. The average Bonchev–Trinajstić information content (AvgIpc) is 3.49. The van der Waals surface area contributed by atoms with Gasteiger partial charge in [-0.1, -0.05) is 60.7 Å². The Balaban J connectivity index is 1.31. The van der Waals surface area contributed by atoms with Gasteiger partial charge in [0, 0.05) is 11.6 Å². The maximum atomic E-state index is 14.1. The highest BCUT2D eigenvalue weighted by Crippen LogP contribution is 2.30. The maximum absolute atomic E-state index is 14.1. The van der Waals surface area contributed by atoms with Crippen LogP contribution in [0.2, 0.25) is 0 Å². The SMILES string of the molecule is Cc1cccc(C)c1C(=O)OCC(=O)C(CC(=O)OC(C)(C)C)NC(=O)C1CCC2CC=CCC(NC(=O)c3ccc4ccccc4c3)C(=O)N21. The van der Waals surface area contributed by atoms with Gasteiger partial charge in [0.25, 0.3) is 5.91 Å². The van der Waals surface area contributed by atoms with Gasteiger partial charge in [-0.15, -0.1) is 0 Å². The van der Waals surface area contributed by atoms with Crippen molar-refractivity contribution in [2.75, 3.05) is 6.61 Å². The van der Waals surface area contributed by atoms with E-state index in [1.54, 1.807) is 65.0 Å². The lowest BCUT2D eigenvalue weighted by Gasteiger charge is -2.34. The average molecular weight is 696 g/mol. The molecule has 4 atom stereocenters. The molecule has 51 heavy (non-hydrogen) atoms. The minimum absolute atomic E-state index is 0.237. The number of nitrogens with one attached hydrogen (secondary N) is 2. The van der Waals surface area contributed by atoms with Gasteiger partial charge in [0.2, 0.25) is 11.8 Å². The number of fused-ring (bicyclic) bond motifs is 2. The second-order valence-corrected chi connectivity index (χ2v) is 14.2. The number of aryl methyl sites for hydroxylation is 2. The Hall–Kier alpha value is -5.32. The summed E-state index contributed by atoms with van der Waals surface area (Å²) in [5, 5.41) is 7.41. The Morgan fingerprint density at radius 1 is 0.882 bits per heavy atom. The number of ketones is 1. The van der Waals surface area contributed by atoms with E-state index in [2.05, 4.69) is 10.6 Å². The van der Waals surface area contributed by atoms with Crippen LogP contribution in [0.25, 0.3) is 10.8 Å². The molecule has 268 valence electrons. The molecule has 1 fully saturated rings. The van der Waals surface area contributed by atoms with Crippen LogP contribution < -0.4 is 10.6 Å². The van der Waals surface area contributed by atoms with Crippen molar-refractivity contribution >= 4 is 46.2 Å². The number of carbonyl (C=O) groups is 6. The van der Waals surface area contributed by atoms with Crippen LogP contribution >= 0.6 is 0 Å². The van der Waals surface area contributed by atoms with E-state index >= 15 is 0 Å². The predicted octanol–water partition coefficient (Wildman–Crippen LogP) is 4.91. The third-order valence-electron chi connectivity index (χ3n) is 9.15. The largest absolute Gasteiger partial charge is 0.460 e. The van der Waals surface area contributed by atoms with E-state index in [4.69, 9.17) is 9.47 Å². The fourth-order valence-electron chi connectivity index (χ4n) is 6.67. The minimum Gasteiger partial charge on any atom is -0.460 e. The van der Waals surface area contributed by atoms with Crippen LogP contribution in [0, 0.1) is 13.8 Å². The van der Waals surface area contributed by atoms with E-state index < -0.39 is 72.2 Å². The summed E-state index contributed by atoms with van der Waals surface area (Å²) in [5.41, 5.74) is 1.25. The van der Waals surface area contributed by atoms with Crippen LogP contribution in [0.1, 0.15) is 84.7 Å². The van der Waals surface area contributed by atoms with Crippen molar-refractivity contribution < 1.29 is 38.2 Å². The van der Waals surface area contributed by atoms with Crippen molar-refractivity contribution in [3.8, 4) is 0 Å². The molecule has 2 heterocycles. The molecular weight excluding hydrogens is 650 g/mol. The second kappa shape index (κ2) is 15.7. The molecule has 3 amide bonds. The zero-order chi connectivity index (χ0) is 36.9. The highest BCUT2D eigenvalue weighted by Gasteiger charge is 2.44. The smallest absolute Gasteiger partial charge is 0.339 e. The molecule has 11 heteroatoms. The number of Topliss-reactive ketones (excluding diaryl/α,β-unsaturated/α-hetero) is 1. The molecule has 3 aromatic rings. The Morgan fingerprint density at radius 3 is 2.27 bits per heavy atom. The number of amides is 3. The van der Waals surface area contributed by atoms with Gasteiger partial charge in [-0.05, 0) is 94.3 Å². The summed E-state index contributed by atoms with van der Waals surface area (Å²) in [6.07, 6.45) is 4.91. The maximum Gasteiger partial charge on any atom is 0.339 e. The molecule has 1 saturated heterocycles. The highest BCUT2D eigenvalue weighted by molar-refractivity contribution is 6.02. The van der Waals surface area contributed by atoms with Crippen LogP contribution in [0.5, 0.6) is 0 Å². The topological polar surface area (TPSA) is 148 Å². The first-order valence-electron chi connectivity index (χ1n) is 17.3. The first-order valence-corrected chi connectivity index (χ1v) is 17.3. The van der Waals surface area contributed by atoms with Crippen molar-refractivity contribution in [1.82, 2.24) is 15.5 Å². The van der Waals surface area contributed by atoms with Crippen molar-refractivity contribution in [2.45, 2.75) is 96.5 Å². The first-order chi connectivity index (χ1) is 24.2. The zero-order valence-corrected chi connectivity index (χ0v) is 29.7. The van der Waals surface area contributed by atoms with E-state index in [1.807, 2.05) is 42.5 Å². The third kappa shape index (κ3) is 9.08. The Bertz CT molecular complexity index is 1860. The third-order valence-corrected chi connectivity index (χ3v) is 9.15. The van der Waals surface area contributed by atoms with Gasteiger partial charge in [0.15, 0.2) is 12.4 Å².